The monoisotopic (exact) mass is 537 g/mol. The standard InChI is InChI=1S/C29H27N7O4/c1-16-5-10-21(27(31)37)22(33-16)11-17-6-8-20(9-7-17)34-29-25(35-28-19(14-30)15-32-36(28)29)18-12-23(38-2)26(40-4)24(13-18)39-3/h5-10,12-13,15,32,34H,11H2,1-4H3,(H2,31,37). The first-order chi connectivity index (χ1) is 19.4. The molecule has 0 radical (unpaired) electrons. The van der Waals surface area contributed by atoms with Gasteiger partial charge in [-0.1, -0.05) is 12.1 Å². The molecule has 0 spiro atoms. The lowest BCUT2D eigenvalue weighted by Crippen LogP contribution is -2.15. The summed E-state index contributed by atoms with van der Waals surface area (Å²) in [5.74, 6) is 1.51. The van der Waals surface area contributed by atoms with Crippen molar-refractivity contribution in [2.75, 3.05) is 26.6 Å². The number of fused-ring (bicyclic) bond motifs is 1. The summed E-state index contributed by atoms with van der Waals surface area (Å²) in [6, 6.07) is 17.0. The molecule has 2 aromatic carbocycles. The average molecular weight is 538 g/mol. The summed E-state index contributed by atoms with van der Waals surface area (Å²) in [4.78, 5) is 21.2. The highest BCUT2D eigenvalue weighted by atomic mass is 16.5. The fraction of sp³-hybridized carbons (Fsp3) is 0.172. The number of methoxy groups -OCH3 is 3. The van der Waals surface area contributed by atoms with E-state index in [1.807, 2.05) is 31.2 Å². The fourth-order valence-electron chi connectivity index (χ4n) is 4.54. The van der Waals surface area contributed by atoms with Crippen molar-refractivity contribution < 1.29 is 19.0 Å². The van der Waals surface area contributed by atoms with Crippen LogP contribution in [0.2, 0.25) is 0 Å². The number of aromatic amines is 1. The van der Waals surface area contributed by atoms with Crippen molar-refractivity contribution in [3.8, 4) is 34.6 Å². The second-order valence-corrected chi connectivity index (χ2v) is 8.99. The molecule has 40 heavy (non-hydrogen) atoms. The van der Waals surface area contributed by atoms with E-state index >= 15 is 0 Å². The molecule has 4 N–H and O–H groups in total. The van der Waals surface area contributed by atoms with Gasteiger partial charge in [-0.2, -0.15) is 5.26 Å². The Kier molecular flexibility index (Phi) is 6.99. The summed E-state index contributed by atoms with van der Waals surface area (Å²) < 4.78 is 18.3. The number of imidazole rings is 1. The SMILES string of the molecule is COc1cc(-c2nc3c(C#N)c[nH]n3c2Nc2ccc(Cc3nc(C)ccc3C(N)=O)cc2)cc(OC)c1OC. The Balaban J connectivity index is 1.53. The second-order valence-electron chi connectivity index (χ2n) is 8.99. The summed E-state index contributed by atoms with van der Waals surface area (Å²) in [6.45, 7) is 1.87. The molecule has 5 aromatic rings. The normalized spacial score (nSPS) is 10.8. The number of aryl methyl sites for hydroxylation is 1. The molecule has 0 saturated carbocycles. The van der Waals surface area contributed by atoms with E-state index in [2.05, 4.69) is 21.5 Å². The molecule has 0 aliphatic rings. The first kappa shape index (κ1) is 26.1. The first-order valence-electron chi connectivity index (χ1n) is 12.3. The van der Waals surface area contributed by atoms with Gasteiger partial charge in [0.15, 0.2) is 23.0 Å². The van der Waals surface area contributed by atoms with E-state index in [9.17, 15) is 10.1 Å². The Morgan fingerprint density at radius 2 is 1.75 bits per heavy atom. The van der Waals surface area contributed by atoms with Crippen LogP contribution in [0, 0.1) is 18.3 Å². The van der Waals surface area contributed by atoms with Crippen molar-refractivity contribution in [2.24, 2.45) is 5.73 Å². The van der Waals surface area contributed by atoms with Crippen LogP contribution in [0.1, 0.15) is 32.9 Å². The number of nitriles is 1. The third-order valence-electron chi connectivity index (χ3n) is 6.48. The molecule has 5 rings (SSSR count). The largest absolute Gasteiger partial charge is 0.493 e. The summed E-state index contributed by atoms with van der Waals surface area (Å²) in [7, 11) is 4.64. The van der Waals surface area contributed by atoms with Crippen LogP contribution in [0.25, 0.3) is 16.9 Å². The number of H-pyrrole nitrogens is 1. The molecule has 11 nitrogen and oxygen atoms in total. The van der Waals surface area contributed by atoms with Crippen molar-refractivity contribution in [3.05, 3.63) is 82.8 Å². The van der Waals surface area contributed by atoms with E-state index in [0.29, 0.717) is 63.2 Å². The van der Waals surface area contributed by atoms with Crippen LogP contribution >= 0.6 is 0 Å². The predicted molar refractivity (Wildman–Crippen MR) is 149 cm³/mol. The smallest absolute Gasteiger partial charge is 0.250 e. The highest BCUT2D eigenvalue weighted by Crippen LogP contribution is 2.43. The second kappa shape index (κ2) is 10.7. The minimum absolute atomic E-state index is 0.396. The third-order valence-corrected chi connectivity index (χ3v) is 6.48. The van der Waals surface area contributed by atoms with Gasteiger partial charge < -0.3 is 25.3 Å². The number of hydrogen-bond donors (Lipinski definition) is 3. The van der Waals surface area contributed by atoms with Crippen molar-refractivity contribution in [1.82, 2.24) is 19.6 Å². The van der Waals surface area contributed by atoms with E-state index in [1.54, 1.807) is 56.3 Å². The predicted octanol–water partition coefficient (Wildman–Crippen LogP) is 4.36. The van der Waals surface area contributed by atoms with Crippen molar-refractivity contribution in [3.63, 3.8) is 0 Å². The highest BCUT2D eigenvalue weighted by Gasteiger charge is 2.22. The van der Waals surface area contributed by atoms with Gasteiger partial charge in [0, 0.05) is 29.6 Å². The van der Waals surface area contributed by atoms with Crippen LogP contribution in [0.5, 0.6) is 17.2 Å². The van der Waals surface area contributed by atoms with Crippen molar-refractivity contribution in [1.29, 1.82) is 5.26 Å². The van der Waals surface area contributed by atoms with Gasteiger partial charge in [-0.05, 0) is 48.9 Å². The average Bonchev–Trinajstić information content (AvgIpc) is 3.52. The van der Waals surface area contributed by atoms with E-state index in [-0.39, 0.29) is 0 Å². The summed E-state index contributed by atoms with van der Waals surface area (Å²) >= 11 is 0. The van der Waals surface area contributed by atoms with Gasteiger partial charge in [-0.25, -0.2) is 9.50 Å². The topological polar surface area (TPSA) is 153 Å². The summed E-state index contributed by atoms with van der Waals surface area (Å²) in [6.07, 6.45) is 2.05. The maximum atomic E-state index is 11.9. The highest BCUT2D eigenvalue weighted by molar-refractivity contribution is 5.94. The van der Waals surface area contributed by atoms with Crippen LogP contribution in [0.4, 0.5) is 11.5 Å². The summed E-state index contributed by atoms with van der Waals surface area (Å²) in [5, 5.41) is 16.1. The number of carbonyl (C=O) groups excluding carboxylic acids is 1. The minimum Gasteiger partial charge on any atom is -0.493 e. The number of benzene rings is 2. The number of hydrogen-bond acceptors (Lipinski definition) is 8. The lowest BCUT2D eigenvalue weighted by Gasteiger charge is -2.14. The molecule has 0 unspecified atom stereocenters. The zero-order valence-corrected chi connectivity index (χ0v) is 22.4. The molecule has 0 aliphatic heterocycles. The number of nitrogens with two attached hydrogens (primary N) is 1. The Labute approximate surface area is 230 Å². The molecule has 0 atom stereocenters. The number of ether oxygens (including phenoxy) is 3. The van der Waals surface area contributed by atoms with Gasteiger partial charge in [-0.3, -0.25) is 14.9 Å². The Hall–Kier alpha value is -5.50. The fourth-order valence-corrected chi connectivity index (χ4v) is 4.54. The number of amides is 1. The van der Waals surface area contributed by atoms with E-state index in [0.717, 1.165) is 16.9 Å². The molecule has 202 valence electrons. The maximum absolute atomic E-state index is 11.9. The molecule has 0 fully saturated rings. The van der Waals surface area contributed by atoms with Gasteiger partial charge in [0.25, 0.3) is 5.91 Å². The van der Waals surface area contributed by atoms with Crippen LogP contribution in [-0.2, 0) is 6.42 Å². The Morgan fingerprint density at radius 3 is 2.35 bits per heavy atom. The lowest BCUT2D eigenvalue weighted by molar-refractivity contribution is 0.0999. The van der Waals surface area contributed by atoms with Gasteiger partial charge in [0.2, 0.25) is 5.75 Å². The molecule has 11 heteroatoms. The lowest BCUT2D eigenvalue weighted by atomic mass is 10.0. The number of rotatable bonds is 9. The third kappa shape index (κ3) is 4.74. The molecular weight excluding hydrogens is 510 g/mol. The molecule has 1 amide bonds. The first-order valence-corrected chi connectivity index (χ1v) is 12.3. The molecule has 3 heterocycles. The molecule has 0 aliphatic carbocycles. The zero-order valence-electron chi connectivity index (χ0n) is 22.4. The number of nitrogens with one attached hydrogen (secondary N) is 2. The number of aromatic nitrogens is 4. The number of carbonyl (C=O) groups is 1. The van der Waals surface area contributed by atoms with Crippen molar-refractivity contribution >= 4 is 23.1 Å². The van der Waals surface area contributed by atoms with Gasteiger partial charge >= 0.3 is 0 Å². The molecule has 3 aromatic heterocycles. The van der Waals surface area contributed by atoms with Crippen LogP contribution in [-0.4, -0.2) is 46.8 Å². The quantitative estimate of drug-likeness (QED) is 0.251. The van der Waals surface area contributed by atoms with Gasteiger partial charge in [0.05, 0.1) is 32.6 Å². The zero-order chi connectivity index (χ0) is 28.4. The van der Waals surface area contributed by atoms with Crippen LogP contribution in [0.15, 0.2) is 54.7 Å². The van der Waals surface area contributed by atoms with Crippen molar-refractivity contribution in [2.45, 2.75) is 13.3 Å². The molecular formula is C29H27N7O4. The van der Waals surface area contributed by atoms with Gasteiger partial charge in [-0.15, -0.1) is 0 Å². The van der Waals surface area contributed by atoms with E-state index in [1.165, 1.54) is 0 Å². The number of primary amides is 1. The maximum Gasteiger partial charge on any atom is 0.250 e. The van der Waals surface area contributed by atoms with E-state index < -0.39 is 5.91 Å². The summed E-state index contributed by atoms with van der Waals surface area (Å²) in [5.41, 5.74) is 11.3. The van der Waals surface area contributed by atoms with E-state index in [4.69, 9.17) is 24.9 Å². The Bertz CT molecular complexity index is 1740. The van der Waals surface area contributed by atoms with Gasteiger partial charge in [0.1, 0.15) is 17.3 Å². The van der Waals surface area contributed by atoms with Crippen LogP contribution in [0.3, 0.4) is 0 Å². The molecule has 0 saturated heterocycles. The number of anilines is 2. The Morgan fingerprint density at radius 1 is 1.05 bits per heavy atom. The van der Waals surface area contributed by atoms with Crippen LogP contribution < -0.4 is 25.3 Å². The molecule has 0 bridgehead atoms. The number of nitrogens with zero attached hydrogens (tertiary/aromatic N) is 4. The minimum atomic E-state index is -0.507. The number of pyridine rings is 1.